The van der Waals surface area contributed by atoms with Gasteiger partial charge in [0, 0.05) is 17.4 Å². The molecule has 2 heterocycles. The van der Waals surface area contributed by atoms with Crippen LogP contribution in [0.2, 0.25) is 0 Å². The highest BCUT2D eigenvalue weighted by molar-refractivity contribution is 5.99. The molecule has 1 aliphatic heterocycles. The van der Waals surface area contributed by atoms with E-state index in [-0.39, 0.29) is 32.0 Å². The first-order chi connectivity index (χ1) is 11.9. The van der Waals surface area contributed by atoms with Crippen molar-refractivity contribution in [2.75, 3.05) is 19.7 Å². The van der Waals surface area contributed by atoms with E-state index < -0.39 is 34.9 Å². The first-order valence-corrected chi connectivity index (χ1v) is 8.62. The van der Waals surface area contributed by atoms with Gasteiger partial charge >= 0.3 is 0 Å². The van der Waals surface area contributed by atoms with E-state index in [1.54, 1.807) is 13.8 Å². The third-order valence-corrected chi connectivity index (χ3v) is 4.26. The lowest BCUT2D eigenvalue weighted by molar-refractivity contribution is -0.131. The maximum atomic E-state index is 13.9. The molecule has 2 rings (SSSR count). The van der Waals surface area contributed by atoms with E-state index in [2.05, 4.69) is 15.5 Å². The Hall–Kier alpha value is -1.87. The number of aliphatic hydroxyl groups excluding tert-OH is 1. The lowest BCUT2D eigenvalue weighted by Crippen LogP contribution is -2.50. The Bertz CT molecular complexity index is 668. The van der Waals surface area contributed by atoms with E-state index in [0.29, 0.717) is 5.89 Å². The summed E-state index contributed by atoms with van der Waals surface area (Å²) in [6, 6.07) is -0.968. The highest BCUT2D eigenvalue weighted by Gasteiger charge is 2.42. The van der Waals surface area contributed by atoms with E-state index in [9.17, 15) is 19.1 Å². The van der Waals surface area contributed by atoms with Crippen molar-refractivity contribution in [1.29, 1.82) is 0 Å². The number of aliphatic hydroxyl groups is 1. The third-order valence-electron chi connectivity index (χ3n) is 4.26. The van der Waals surface area contributed by atoms with Crippen LogP contribution in [-0.4, -0.2) is 69.3 Å². The third kappa shape index (κ3) is 4.64. The summed E-state index contributed by atoms with van der Waals surface area (Å²) in [5, 5.41) is 19.8. The second kappa shape index (κ2) is 7.40. The number of nitrogens with one attached hydrogen (secondary N) is 1. The number of carbonyl (C=O) groups excluding carboxylic acids is 2. The average Bonchev–Trinajstić information content (AvgIpc) is 3.18. The fourth-order valence-electron chi connectivity index (χ4n) is 2.55. The number of hydrogen-bond acceptors (Lipinski definition) is 7. The Labute approximate surface area is 152 Å². The number of hydrogen-bond donors (Lipinski definition) is 2. The Morgan fingerprint density at radius 2 is 1.96 bits per heavy atom. The minimum absolute atomic E-state index is 0.0960. The molecule has 2 atom stereocenters. The van der Waals surface area contributed by atoms with Crippen LogP contribution in [0.3, 0.4) is 0 Å². The number of likely N-dealkylation sites (tertiary alicyclic amines) is 1. The fourth-order valence-corrected chi connectivity index (χ4v) is 2.55. The summed E-state index contributed by atoms with van der Waals surface area (Å²) >= 11 is 0. The number of amides is 1. The Morgan fingerprint density at radius 1 is 1.31 bits per heavy atom. The molecule has 1 saturated heterocycles. The molecular weight excluding hydrogens is 343 g/mol. The molecule has 1 amide bonds. The zero-order chi connectivity index (χ0) is 19.7. The minimum atomic E-state index is -1.29. The summed E-state index contributed by atoms with van der Waals surface area (Å²) in [4.78, 5) is 26.4. The van der Waals surface area contributed by atoms with Crippen molar-refractivity contribution in [2.45, 2.75) is 64.2 Å². The van der Waals surface area contributed by atoms with Crippen LogP contribution in [0.1, 0.15) is 57.6 Å². The first-order valence-electron chi connectivity index (χ1n) is 8.62. The largest absolute Gasteiger partial charge is 0.418 e. The van der Waals surface area contributed by atoms with E-state index >= 15 is 0 Å². The lowest BCUT2D eigenvalue weighted by Gasteiger charge is -2.27. The second-order valence-corrected chi connectivity index (χ2v) is 8.32. The van der Waals surface area contributed by atoms with Crippen molar-refractivity contribution in [3.63, 3.8) is 0 Å². The van der Waals surface area contributed by atoms with Gasteiger partial charge in [-0.3, -0.25) is 9.59 Å². The molecule has 0 radical (unpaired) electrons. The zero-order valence-electron chi connectivity index (χ0n) is 15.9. The molecule has 8 nitrogen and oxygen atoms in total. The maximum absolute atomic E-state index is 13.9. The summed E-state index contributed by atoms with van der Waals surface area (Å²) in [5.74, 6) is -0.876. The van der Waals surface area contributed by atoms with E-state index in [1.807, 2.05) is 20.8 Å². The van der Waals surface area contributed by atoms with E-state index in [4.69, 9.17) is 4.42 Å². The van der Waals surface area contributed by atoms with Gasteiger partial charge in [0.2, 0.25) is 17.6 Å². The molecule has 0 aliphatic carbocycles. The molecule has 1 fully saturated rings. The van der Waals surface area contributed by atoms with Crippen LogP contribution in [0.25, 0.3) is 0 Å². The summed E-state index contributed by atoms with van der Waals surface area (Å²) in [6.45, 7) is 8.64. The van der Waals surface area contributed by atoms with Gasteiger partial charge in [-0.2, -0.15) is 0 Å². The number of nitrogens with zero attached hydrogens (tertiary/aromatic N) is 3. The van der Waals surface area contributed by atoms with Crippen LogP contribution in [0, 0.1) is 0 Å². The van der Waals surface area contributed by atoms with Crippen LogP contribution in [0.15, 0.2) is 4.42 Å². The number of halogens is 1. The number of aromatic nitrogens is 2. The molecule has 9 heteroatoms. The van der Waals surface area contributed by atoms with Crippen LogP contribution >= 0.6 is 0 Å². The fraction of sp³-hybridized carbons (Fsp3) is 0.765. The normalized spacial score (nSPS) is 21.3. The predicted octanol–water partition coefficient (Wildman–Crippen LogP) is 0.849. The van der Waals surface area contributed by atoms with Gasteiger partial charge in [-0.25, -0.2) is 4.39 Å². The number of alkyl halides is 1. The monoisotopic (exact) mass is 370 g/mol. The summed E-state index contributed by atoms with van der Waals surface area (Å²) < 4.78 is 19.4. The lowest BCUT2D eigenvalue weighted by atomic mass is 9.97. The molecule has 1 aromatic heterocycles. The molecule has 2 N–H and O–H groups in total. The van der Waals surface area contributed by atoms with Crippen molar-refractivity contribution in [1.82, 2.24) is 20.4 Å². The summed E-state index contributed by atoms with van der Waals surface area (Å²) in [7, 11) is 0. The van der Waals surface area contributed by atoms with Crippen LogP contribution in [0.5, 0.6) is 0 Å². The SMILES string of the molecule is CC(C)(CO)NCC(=O)N1C[C@@H](F)C[C@H]1C(=O)c1nnc(C(C)(C)C)o1. The first kappa shape index (κ1) is 20.4. The van der Waals surface area contributed by atoms with Gasteiger partial charge in [-0.05, 0) is 13.8 Å². The molecule has 0 unspecified atom stereocenters. The Balaban J connectivity index is 2.12. The molecule has 1 aromatic rings. The van der Waals surface area contributed by atoms with Gasteiger partial charge in [-0.15, -0.1) is 10.2 Å². The molecule has 146 valence electrons. The van der Waals surface area contributed by atoms with Gasteiger partial charge in [0.05, 0.1) is 19.7 Å². The van der Waals surface area contributed by atoms with Crippen molar-refractivity contribution in [3.05, 3.63) is 11.8 Å². The number of carbonyl (C=O) groups is 2. The molecule has 26 heavy (non-hydrogen) atoms. The second-order valence-electron chi connectivity index (χ2n) is 8.32. The Kier molecular flexibility index (Phi) is 5.82. The van der Waals surface area contributed by atoms with Gasteiger partial charge < -0.3 is 19.7 Å². The highest BCUT2D eigenvalue weighted by Crippen LogP contribution is 2.26. The summed E-state index contributed by atoms with van der Waals surface area (Å²) in [5.41, 5.74) is -1.07. The number of rotatable bonds is 6. The molecule has 0 saturated carbocycles. The smallest absolute Gasteiger partial charge is 0.286 e. The molecular formula is C17H27FN4O4. The zero-order valence-corrected chi connectivity index (χ0v) is 15.9. The molecule has 0 spiro atoms. The highest BCUT2D eigenvalue weighted by atomic mass is 19.1. The summed E-state index contributed by atoms with van der Waals surface area (Å²) in [6.07, 6.45) is -1.38. The van der Waals surface area contributed by atoms with Gasteiger partial charge in [0.25, 0.3) is 5.89 Å². The molecule has 0 aromatic carbocycles. The van der Waals surface area contributed by atoms with Crippen molar-refractivity contribution >= 4 is 11.7 Å². The van der Waals surface area contributed by atoms with E-state index in [0.717, 1.165) is 0 Å². The number of Topliss-reactive ketones (excluding diaryl/α,β-unsaturated/α-hetero) is 1. The molecule has 0 bridgehead atoms. The molecule has 1 aliphatic rings. The standard InChI is InChI=1S/C17H27FN4O4/c1-16(2,3)15-21-20-14(26-15)13(25)11-6-10(18)8-22(11)12(24)7-19-17(4,5)9-23/h10-11,19,23H,6-9H2,1-5H3/t10-,11-/m0/s1. The topological polar surface area (TPSA) is 109 Å². The van der Waals surface area contributed by atoms with Crippen molar-refractivity contribution < 1.29 is 23.5 Å². The predicted molar refractivity (Wildman–Crippen MR) is 91.5 cm³/mol. The number of ketones is 1. The van der Waals surface area contributed by atoms with Crippen LogP contribution in [0.4, 0.5) is 4.39 Å². The van der Waals surface area contributed by atoms with Crippen molar-refractivity contribution in [2.24, 2.45) is 0 Å². The maximum Gasteiger partial charge on any atom is 0.286 e. The van der Waals surface area contributed by atoms with Gasteiger partial charge in [-0.1, -0.05) is 20.8 Å². The minimum Gasteiger partial charge on any atom is -0.418 e. The van der Waals surface area contributed by atoms with E-state index in [1.165, 1.54) is 4.90 Å². The van der Waals surface area contributed by atoms with Crippen LogP contribution in [-0.2, 0) is 10.2 Å². The quantitative estimate of drug-likeness (QED) is 0.715. The van der Waals surface area contributed by atoms with Crippen molar-refractivity contribution in [3.8, 4) is 0 Å². The average molecular weight is 370 g/mol. The Morgan fingerprint density at radius 3 is 2.50 bits per heavy atom. The van der Waals surface area contributed by atoms with Crippen LogP contribution < -0.4 is 5.32 Å². The van der Waals surface area contributed by atoms with Gasteiger partial charge in [0.1, 0.15) is 12.2 Å². The van der Waals surface area contributed by atoms with Gasteiger partial charge in [0.15, 0.2) is 0 Å².